The second kappa shape index (κ2) is 9.44. The van der Waals surface area contributed by atoms with E-state index in [1.54, 1.807) is 17.4 Å². The van der Waals surface area contributed by atoms with Crippen molar-refractivity contribution in [3.8, 4) is 0 Å². The number of H-pyrrole nitrogens is 1. The monoisotopic (exact) mass is 469 g/mol. The van der Waals surface area contributed by atoms with Crippen LogP contribution in [-0.4, -0.2) is 71.1 Å². The lowest BCUT2D eigenvalue weighted by Gasteiger charge is -2.26. The number of hydrogen-bond acceptors (Lipinski definition) is 6. The lowest BCUT2D eigenvalue weighted by Crippen LogP contribution is -2.37. The molecule has 0 spiro atoms. The number of amidine groups is 1. The average molecular weight is 470 g/mol. The molecule has 2 N–H and O–H groups in total. The number of pyridine rings is 1. The van der Waals surface area contributed by atoms with E-state index >= 15 is 0 Å². The normalized spacial score (nSPS) is 20.2. The number of para-hydroxylation sites is 1. The maximum atomic E-state index is 13.3. The van der Waals surface area contributed by atoms with Gasteiger partial charge in [-0.05, 0) is 42.3 Å². The van der Waals surface area contributed by atoms with E-state index in [2.05, 4.69) is 25.2 Å². The minimum absolute atomic E-state index is 0.197. The third kappa shape index (κ3) is 4.24. The molecule has 2 aliphatic rings. The third-order valence-corrected chi connectivity index (χ3v) is 6.65. The first kappa shape index (κ1) is 21.7. The standard InChI is InChI=1S/C26H27N7O2/c34-26-31-25(28-9-3-11-32-12-14-35-15-13-32)24(20-8-10-27-21-5-2-1-4-19(20)21)33(26)18-6-7-22-23(16-18)30-17-29-22/h1-2,4-8,10,16-17,24H,3,9,11-15H2,(H,29,30)(H,28,31,34). The maximum absolute atomic E-state index is 13.3. The van der Waals surface area contributed by atoms with Gasteiger partial charge < -0.3 is 9.72 Å². The quantitative estimate of drug-likeness (QED) is 0.421. The Bertz CT molecular complexity index is 1390. The predicted molar refractivity (Wildman–Crippen MR) is 136 cm³/mol. The van der Waals surface area contributed by atoms with Crippen molar-refractivity contribution >= 4 is 39.5 Å². The molecule has 4 aromatic rings. The molecule has 2 aromatic carbocycles. The molecule has 4 heterocycles. The zero-order valence-electron chi connectivity index (χ0n) is 19.4. The number of amides is 2. The van der Waals surface area contributed by atoms with Crippen LogP contribution >= 0.6 is 0 Å². The van der Waals surface area contributed by atoms with Crippen LogP contribution in [0.2, 0.25) is 0 Å². The molecule has 1 atom stereocenters. The first-order valence-electron chi connectivity index (χ1n) is 12.0. The number of carbonyl (C=O) groups excluding carboxylic acids is 1. The summed E-state index contributed by atoms with van der Waals surface area (Å²) in [7, 11) is 0. The van der Waals surface area contributed by atoms with Gasteiger partial charge in [0.15, 0.2) is 0 Å². The summed E-state index contributed by atoms with van der Waals surface area (Å²) in [4.78, 5) is 34.4. The number of aromatic amines is 1. The number of nitrogens with zero attached hydrogens (tertiary/aromatic N) is 5. The molecule has 2 amide bonds. The highest BCUT2D eigenvalue weighted by Gasteiger charge is 2.39. The van der Waals surface area contributed by atoms with Crippen molar-refractivity contribution in [3.05, 3.63) is 66.6 Å². The number of benzene rings is 2. The number of rotatable bonds is 6. The van der Waals surface area contributed by atoms with Crippen molar-refractivity contribution in [2.45, 2.75) is 12.5 Å². The molecule has 0 saturated carbocycles. The Morgan fingerprint density at radius 3 is 2.86 bits per heavy atom. The van der Waals surface area contributed by atoms with E-state index in [1.807, 2.05) is 48.5 Å². The fourth-order valence-electron chi connectivity index (χ4n) is 4.90. The highest BCUT2D eigenvalue weighted by atomic mass is 16.5. The van der Waals surface area contributed by atoms with Crippen LogP contribution in [0.25, 0.3) is 21.9 Å². The second-order valence-corrected chi connectivity index (χ2v) is 8.80. The molecule has 2 aromatic heterocycles. The van der Waals surface area contributed by atoms with E-state index in [1.165, 1.54) is 0 Å². The van der Waals surface area contributed by atoms with Crippen LogP contribution in [0.1, 0.15) is 18.0 Å². The van der Waals surface area contributed by atoms with Crippen LogP contribution in [0.5, 0.6) is 0 Å². The molecule has 0 aliphatic carbocycles. The summed E-state index contributed by atoms with van der Waals surface area (Å²) in [5, 5.41) is 4.05. The van der Waals surface area contributed by atoms with Gasteiger partial charge in [-0.3, -0.25) is 25.1 Å². The van der Waals surface area contributed by atoms with Gasteiger partial charge in [0.05, 0.1) is 36.1 Å². The van der Waals surface area contributed by atoms with E-state index in [9.17, 15) is 4.79 Å². The van der Waals surface area contributed by atoms with Crippen LogP contribution in [0.4, 0.5) is 10.5 Å². The number of anilines is 1. The van der Waals surface area contributed by atoms with Crippen molar-refractivity contribution in [1.82, 2.24) is 25.2 Å². The van der Waals surface area contributed by atoms with Gasteiger partial charge >= 0.3 is 6.03 Å². The molecular formula is C26H27N7O2. The first-order valence-corrected chi connectivity index (χ1v) is 12.0. The van der Waals surface area contributed by atoms with Crippen molar-refractivity contribution in [2.75, 3.05) is 44.3 Å². The Labute approximate surface area is 202 Å². The summed E-state index contributed by atoms with van der Waals surface area (Å²) >= 11 is 0. The number of aliphatic imine (C=N–C) groups is 1. The number of ether oxygens (including phenoxy) is 1. The summed E-state index contributed by atoms with van der Waals surface area (Å²) in [5.74, 6) is 0.662. The first-order chi connectivity index (χ1) is 17.3. The van der Waals surface area contributed by atoms with E-state index in [4.69, 9.17) is 9.73 Å². The van der Waals surface area contributed by atoms with E-state index in [0.717, 1.165) is 72.5 Å². The Balaban J connectivity index is 1.35. The number of aromatic nitrogens is 3. The van der Waals surface area contributed by atoms with Crippen molar-refractivity contribution in [2.24, 2.45) is 4.99 Å². The minimum Gasteiger partial charge on any atom is -0.379 e. The number of morpholine rings is 1. The highest BCUT2D eigenvalue weighted by molar-refractivity contribution is 6.17. The lowest BCUT2D eigenvalue weighted by atomic mass is 10.00. The van der Waals surface area contributed by atoms with Gasteiger partial charge in [0, 0.05) is 43.4 Å². The van der Waals surface area contributed by atoms with E-state index in [-0.39, 0.29) is 12.1 Å². The van der Waals surface area contributed by atoms with Crippen LogP contribution in [0.3, 0.4) is 0 Å². The number of nitrogens with one attached hydrogen (secondary N) is 2. The highest BCUT2D eigenvalue weighted by Crippen LogP contribution is 2.36. The van der Waals surface area contributed by atoms with Crippen molar-refractivity contribution < 1.29 is 9.53 Å². The molecule has 6 rings (SSSR count). The minimum atomic E-state index is -0.379. The fourth-order valence-corrected chi connectivity index (χ4v) is 4.90. The summed E-state index contributed by atoms with van der Waals surface area (Å²) in [5.41, 5.74) is 4.38. The topological polar surface area (TPSA) is 98.7 Å². The zero-order valence-corrected chi connectivity index (χ0v) is 19.4. The molecule has 35 heavy (non-hydrogen) atoms. The molecule has 0 radical (unpaired) electrons. The van der Waals surface area contributed by atoms with Gasteiger partial charge in [-0.15, -0.1) is 0 Å². The summed E-state index contributed by atoms with van der Waals surface area (Å²) < 4.78 is 5.44. The van der Waals surface area contributed by atoms with Gasteiger partial charge in [0.25, 0.3) is 0 Å². The van der Waals surface area contributed by atoms with Crippen molar-refractivity contribution in [1.29, 1.82) is 0 Å². The zero-order chi connectivity index (χ0) is 23.6. The molecule has 9 heteroatoms. The van der Waals surface area contributed by atoms with Gasteiger partial charge in [0.1, 0.15) is 11.9 Å². The van der Waals surface area contributed by atoms with E-state index in [0.29, 0.717) is 12.4 Å². The SMILES string of the molecule is O=C1NC(=NCCCN2CCOCC2)C(c2ccnc3ccccc23)N1c1ccc2[nH]cnc2c1. The molecule has 0 bridgehead atoms. The number of imidazole rings is 1. The summed E-state index contributed by atoms with van der Waals surface area (Å²) in [6.45, 7) is 5.11. The molecule has 1 unspecified atom stereocenters. The third-order valence-electron chi connectivity index (χ3n) is 6.65. The predicted octanol–water partition coefficient (Wildman–Crippen LogP) is 3.50. The number of urea groups is 1. The average Bonchev–Trinajstić information content (AvgIpc) is 3.50. The van der Waals surface area contributed by atoms with Gasteiger partial charge in [-0.2, -0.15) is 0 Å². The molecule has 9 nitrogen and oxygen atoms in total. The van der Waals surface area contributed by atoms with Crippen LogP contribution in [-0.2, 0) is 4.74 Å². The van der Waals surface area contributed by atoms with Gasteiger partial charge in [0.2, 0.25) is 0 Å². The molecule has 2 aliphatic heterocycles. The van der Waals surface area contributed by atoms with Crippen LogP contribution in [0, 0.1) is 0 Å². The number of carbonyl (C=O) groups is 1. The Kier molecular flexibility index (Phi) is 5.85. The van der Waals surface area contributed by atoms with Gasteiger partial charge in [-0.25, -0.2) is 9.78 Å². The molecular weight excluding hydrogens is 442 g/mol. The fraction of sp³-hybridized carbons (Fsp3) is 0.308. The smallest absolute Gasteiger partial charge is 0.328 e. The Hall–Kier alpha value is -3.82. The molecule has 2 saturated heterocycles. The molecule has 2 fully saturated rings. The summed E-state index contributed by atoms with van der Waals surface area (Å²) in [6.07, 6.45) is 4.38. The largest absolute Gasteiger partial charge is 0.379 e. The van der Waals surface area contributed by atoms with Crippen LogP contribution in [0.15, 0.2) is 66.0 Å². The summed E-state index contributed by atoms with van der Waals surface area (Å²) in [6, 6.07) is 15.2. The number of hydrogen-bond donors (Lipinski definition) is 2. The lowest BCUT2D eigenvalue weighted by molar-refractivity contribution is 0.0377. The second-order valence-electron chi connectivity index (χ2n) is 8.80. The maximum Gasteiger partial charge on any atom is 0.328 e. The number of fused-ring (bicyclic) bond motifs is 2. The Morgan fingerprint density at radius 1 is 1.06 bits per heavy atom. The van der Waals surface area contributed by atoms with Crippen molar-refractivity contribution in [3.63, 3.8) is 0 Å². The molecule has 178 valence electrons. The van der Waals surface area contributed by atoms with Crippen LogP contribution < -0.4 is 10.2 Å². The van der Waals surface area contributed by atoms with Gasteiger partial charge in [-0.1, -0.05) is 18.2 Å². The Morgan fingerprint density at radius 2 is 1.94 bits per heavy atom. The van der Waals surface area contributed by atoms with E-state index < -0.39 is 0 Å².